The second kappa shape index (κ2) is 5.57. The van der Waals surface area contributed by atoms with Gasteiger partial charge in [-0.05, 0) is 56.1 Å². The molecule has 2 aliphatic rings. The minimum absolute atomic E-state index is 0.281. The summed E-state index contributed by atoms with van der Waals surface area (Å²) in [5.41, 5.74) is 1.95. The number of benzene rings is 1. The summed E-state index contributed by atoms with van der Waals surface area (Å²) in [6.45, 7) is 0.841. The quantitative estimate of drug-likeness (QED) is 0.917. The SMILES string of the molecule is O=C(O)C1(CCC2CCCO2)CCc2ccccc2C1. The lowest BCUT2D eigenvalue weighted by Gasteiger charge is -2.35. The first-order chi connectivity index (χ1) is 9.70. The van der Waals surface area contributed by atoms with Gasteiger partial charge in [-0.1, -0.05) is 24.3 Å². The predicted molar refractivity (Wildman–Crippen MR) is 76.7 cm³/mol. The number of carboxylic acid groups (broad SMARTS) is 1. The van der Waals surface area contributed by atoms with Crippen molar-refractivity contribution < 1.29 is 14.6 Å². The summed E-state index contributed by atoms with van der Waals surface area (Å²) in [4.78, 5) is 11.9. The van der Waals surface area contributed by atoms with Gasteiger partial charge >= 0.3 is 5.97 Å². The standard InChI is InChI=1S/C17H22O3/c18-16(19)17(10-8-15-6-3-11-20-15)9-7-13-4-1-2-5-14(13)12-17/h1-2,4-5,15H,3,6-12H2,(H,18,19). The molecular weight excluding hydrogens is 252 g/mol. The van der Waals surface area contributed by atoms with Crippen LogP contribution in [0.1, 0.15) is 43.2 Å². The number of hydrogen-bond donors (Lipinski definition) is 1. The van der Waals surface area contributed by atoms with Crippen LogP contribution in [0.4, 0.5) is 0 Å². The molecule has 20 heavy (non-hydrogen) atoms. The van der Waals surface area contributed by atoms with E-state index in [1.807, 2.05) is 12.1 Å². The van der Waals surface area contributed by atoms with E-state index in [0.29, 0.717) is 6.42 Å². The number of rotatable bonds is 4. The number of carboxylic acids is 1. The van der Waals surface area contributed by atoms with Crippen LogP contribution in [-0.4, -0.2) is 23.8 Å². The van der Waals surface area contributed by atoms with Gasteiger partial charge in [-0.3, -0.25) is 4.79 Å². The van der Waals surface area contributed by atoms with E-state index in [1.54, 1.807) is 0 Å². The van der Waals surface area contributed by atoms with Gasteiger partial charge in [0, 0.05) is 6.61 Å². The lowest BCUT2D eigenvalue weighted by Crippen LogP contribution is -2.37. The monoisotopic (exact) mass is 274 g/mol. The van der Waals surface area contributed by atoms with E-state index in [9.17, 15) is 9.90 Å². The van der Waals surface area contributed by atoms with Crippen LogP contribution in [0.5, 0.6) is 0 Å². The van der Waals surface area contributed by atoms with Gasteiger partial charge in [0.05, 0.1) is 11.5 Å². The first-order valence-electron chi connectivity index (χ1n) is 7.61. The molecule has 108 valence electrons. The molecule has 2 unspecified atom stereocenters. The molecule has 1 aliphatic carbocycles. The molecule has 1 aromatic carbocycles. The zero-order valence-electron chi connectivity index (χ0n) is 11.8. The van der Waals surface area contributed by atoms with E-state index in [4.69, 9.17) is 4.74 Å². The maximum Gasteiger partial charge on any atom is 0.309 e. The second-order valence-electron chi connectivity index (χ2n) is 6.20. The fourth-order valence-electron chi connectivity index (χ4n) is 3.61. The molecule has 1 N–H and O–H groups in total. The molecule has 0 radical (unpaired) electrons. The molecule has 0 amide bonds. The Morgan fingerprint density at radius 2 is 2.15 bits per heavy atom. The van der Waals surface area contributed by atoms with Crippen molar-refractivity contribution in [2.45, 2.75) is 51.0 Å². The van der Waals surface area contributed by atoms with Crippen LogP contribution in [0.2, 0.25) is 0 Å². The molecule has 3 nitrogen and oxygen atoms in total. The highest BCUT2D eigenvalue weighted by Crippen LogP contribution is 2.40. The summed E-state index contributed by atoms with van der Waals surface area (Å²) in [6, 6.07) is 8.26. The number of aliphatic carboxylic acids is 1. The van der Waals surface area contributed by atoms with Crippen molar-refractivity contribution in [1.82, 2.24) is 0 Å². The molecule has 2 atom stereocenters. The van der Waals surface area contributed by atoms with Crippen molar-refractivity contribution in [1.29, 1.82) is 0 Å². The van der Waals surface area contributed by atoms with Gasteiger partial charge in [-0.15, -0.1) is 0 Å². The number of carbonyl (C=O) groups is 1. The number of hydrogen-bond acceptors (Lipinski definition) is 2. The van der Waals surface area contributed by atoms with Crippen molar-refractivity contribution in [3.05, 3.63) is 35.4 Å². The Balaban J connectivity index is 1.74. The van der Waals surface area contributed by atoms with E-state index in [2.05, 4.69) is 12.1 Å². The molecule has 0 aromatic heterocycles. The van der Waals surface area contributed by atoms with Crippen LogP contribution >= 0.6 is 0 Å². The van der Waals surface area contributed by atoms with Crippen LogP contribution in [-0.2, 0) is 22.4 Å². The van der Waals surface area contributed by atoms with Gasteiger partial charge in [0.25, 0.3) is 0 Å². The molecule has 0 spiro atoms. The summed E-state index contributed by atoms with van der Waals surface area (Å²) in [7, 11) is 0. The highest BCUT2D eigenvalue weighted by atomic mass is 16.5. The Morgan fingerprint density at radius 1 is 1.35 bits per heavy atom. The van der Waals surface area contributed by atoms with Crippen LogP contribution in [0.3, 0.4) is 0 Å². The number of fused-ring (bicyclic) bond motifs is 1. The molecule has 1 fully saturated rings. The molecule has 0 saturated carbocycles. The van der Waals surface area contributed by atoms with E-state index in [0.717, 1.165) is 45.1 Å². The third-order valence-electron chi connectivity index (χ3n) is 4.94. The summed E-state index contributed by atoms with van der Waals surface area (Å²) < 4.78 is 5.65. The zero-order chi connectivity index (χ0) is 14.0. The van der Waals surface area contributed by atoms with Crippen molar-refractivity contribution in [2.24, 2.45) is 5.41 Å². The lowest BCUT2D eigenvalue weighted by molar-refractivity contribution is -0.150. The Bertz CT molecular complexity index is 491. The molecule has 1 aliphatic heterocycles. The van der Waals surface area contributed by atoms with Gasteiger partial charge < -0.3 is 9.84 Å². The Labute approximate surface area is 120 Å². The fraction of sp³-hybridized carbons (Fsp3) is 0.588. The summed E-state index contributed by atoms with van der Waals surface area (Å²) in [6.07, 6.45) is 6.42. The van der Waals surface area contributed by atoms with Crippen molar-refractivity contribution >= 4 is 5.97 Å². The highest BCUT2D eigenvalue weighted by molar-refractivity contribution is 5.75. The number of ether oxygens (including phenoxy) is 1. The Morgan fingerprint density at radius 3 is 2.85 bits per heavy atom. The average Bonchev–Trinajstić information content (AvgIpc) is 2.98. The van der Waals surface area contributed by atoms with Crippen LogP contribution in [0.25, 0.3) is 0 Å². The molecule has 3 rings (SSSR count). The van der Waals surface area contributed by atoms with E-state index in [1.165, 1.54) is 11.1 Å². The van der Waals surface area contributed by atoms with Crippen molar-refractivity contribution in [2.75, 3.05) is 6.61 Å². The van der Waals surface area contributed by atoms with Gasteiger partial charge in [0.15, 0.2) is 0 Å². The molecule has 1 heterocycles. The van der Waals surface area contributed by atoms with Crippen LogP contribution in [0.15, 0.2) is 24.3 Å². The lowest BCUT2D eigenvalue weighted by atomic mass is 9.68. The maximum atomic E-state index is 11.9. The smallest absolute Gasteiger partial charge is 0.309 e. The Hall–Kier alpha value is -1.35. The maximum absolute atomic E-state index is 11.9. The second-order valence-corrected chi connectivity index (χ2v) is 6.20. The molecule has 3 heteroatoms. The zero-order valence-corrected chi connectivity index (χ0v) is 11.8. The fourth-order valence-corrected chi connectivity index (χ4v) is 3.61. The van der Waals surface area contributed by atoms with Gasteiger partial charge in [0.1, 0.15) is 0 Å². The van der Waals surface area contributed by atoms with Gasteiger partial charge in [-0.25, -0.2) is 0 Å². The summed E-state index contributed by atoms with van der Waals surface area (Å²) in [5, 5.41) is 9.75. The number of aryl methyl sites for hydroxylation is 1. The summed E-state index contributed by atoms with van der Waals surface area (Å²) >= 11 is 0. The minimum Gasteiger partial charge on any atom is -0.481 e. The van der Waals surface area contributed by atoms with Crippen molar-refractivity contribution in [3.63, 3.8) is 0 Å². The third-order valence-corrected chi connectivity index (χ3v) is 4.94. The normalized spacial score (nSPS) is 29.1. The van der Waals surface area contributed by atoms with Gasteiger partial charge in [0.2, 0.25) is 0 Å². The predicted octanol–water partition coefficient (Wildman–Crippen LogP) is 3.21. The molecule has 1 saturated heterocycles. The van der Waals surface area contributed by atoms with Crippen LogP contribution in [0, 0.1) is 5.41 Å². The minimum atomic E-state index is -0.634. The molecule has 0 bridgehead atoms. The largest absolute Gasteiger partial charge is 0.481 e. The van der Waals surface area contributed by atoms with E-state index < -0.39 is 11.4 Å². The van der Waals surface area contributed by atoms with E-state index >= 15 is 0 Å². The van der Waals surface area contributed by atoms with Crippen LogP contribution < -0.4 is 0 Å². The molecule has 1 aromatic rings. The molecular formula is C17H22O3. The topological polar surface area (TPSA) is 46.5 Å². The summed E-state index contributed by atoms with van der Waals surface area (Å²) in [5.74, 6) is -0.634. The first kappa shape index (κ1) is 13.6. The van der Waals surface area contributed by atoms with Crippen molar-refractivity contribution in [3.8, 4) is 0 Å². The third kappa shape index (κ3) is 2.59. The average molecular weight is 274 g/mol. The Kier molecular flexibility index (Phi) is 3.79. The first-order valence-corrected chi connectivity index (χ1v) is 7.61. The van der Waals surface area contributed by atoms with Gasteiger partial charge in [-0.2, -0.15) is 0 Å². The highest BCUT2D eigenvalue weighted by Gasteiger charge is 2.41. The van der Waals surface area contributed by atoms with E-state index in [-0.39, 0.29) is 6.10 Å².